The molecule has 2 heterocycles. The average Bonchev–Trinajstić information content (AvgIpc) is 2.73. The first-order chi connectivity index (χ1) is 14.0. The number of amides is 2. The Morgan fingerprint density at radius 1 is 1.07 bits per heavy atom. The minimum atomic E-state index is -0.377. The van der Waals surface area contributed by atoms with Crippen LogP contribution in [0.3, 0.4) is 0 Å². The second-order valence-corrected chi connectivity index (χ2v) is 7.23. The largest absolute Gasteiger partial charge is 0.339 e. The van der Waals surface area contributed by atoms with E-state index in [9.17, 15) is 14.4 Å². The number of fused-ring (bicyclic) bond motifs is 1. The lowest BCUT2D eigenvalue weighted by Crippen LogP contribution is -2.35. The molecule has 148 valence electrons. The first kappa shape index (κ1) is 18.9. The maximum absolute atomic E-state index is 12.7. The summed E-state index contributed by atoms with van der Waals surface area (Å²) in [5.41, 5.74) is 2.54. The SMILES string of the molecule is CC(=O)Nc1ccccc1-c1nc2ccc(C(=O)N3CCCCC3)cc2[nH]c1=O. The molecule has 0 bridgehead atoms. The van der Waals surface area contributed by atoms with Crippen LogP contribution in [-0.2, 0) is 4.79 Å². The fourth-order valence-electron chi connectivity index (χ4n) is 3.67. The Bertz CT molecular complexity index is 1150. The molecule has 1 aromatic heterocycles. The van der Waals surface area contributed by atoms with Gasteiger partial charge in [0.1, 0.15) is 5.69 Å². The van der Waals surface area contributed by atoms with Gasteiger partial charge in [0.2, 0.25) is 5.91 Å². The van der Waals surface area contributed by atoms with E-state index in [1.807, 2.05) is 4.90 Å². The van der Waals surface area contributed by atoms with Gasteiger partial charge in [-0.05, 0) is 43.5 Å². The Labute approximate surface area is 167 Å². The first-order valence-electron chi connectivity index (χ1n) is 9.73. The number of likely N-dealkylation sites (tertiary alicyclic amines) is 1. The van der Waals surface area contributed by atoms with E-state index in [1.165, 1.54) is 6.92 Å². The zero-order valence-electron chi connectivity index (χ0n) is 16.2. The van der Waals surface area contributed by atoms with Crippen LogP contribution in [-0.4, -0.2) is 39.8 Å². The van der Waals surface area contributed by atoms with E-state index in [0.29, 0.717) is 27.8 Å². The first-order valence-corrected chi connectivity index (χ1v) is 9.73. The lowest BCUT2D eigenvalue weighted by atomic mass is 10.1. The number of para-hydroxylation sites is 1. The fourth-order valence-corrected chi connectivity index (χ4v) is 3.67. The van der Waals surface area contributed by atoms with E-state index < -0.39 is 0 Å². The summed E-state index contributed by atoms with van der Waals surface area (Å²) in [7, 11) is 0. The molecule has 2 aromatic carbocycles. The van der Waals surface area contributed by atoms with E-state index in [1.54, 1.807) is 42.5 Å². The van der Waals surface area contributed by atoms with Crippen molar-refractivity contribution in [2.75, 3.05) is 18.4 Å². The van der Waals surface area contributed by atoms with Crippen LogP contribution in [0.15, 0.2) is 47.3 Å². The van der Waals surface area contributed by atoms with Crippen molar-refractivity contribution in [1.29, 1.82) is 0 Å². The molecular formula is C22H22N4O3. The molecule has 0 saturated carbocycles. The number of H-pyrrole nitrogens is 1. The van der Waals surface area contributed by atoms with Gasteiger partial charge in [0.05, 0.1) is 16.7 Å². The third-order valence-electron chi connectivity index (χ3n) is 5.08. The van der Waals surface area contributed by atoms with Crippen LogP contribution >= 0.6 is 0 Å². The number of aromatic nitrogens is 2. The molecule has 0 unspecified atom stereocenters. The second-order valence-electron chi connectivity index (χ2n) is 7.23. The number of piperidine rings is 1. The molecule has 7 nitrogen and oxygen atoms in total. The van der Waals surface area contributed by atoms with Crippen LogP contribution in [0.25, 0.3) is 22.3 Å². The highest BCUT2D eigenvalue weighted by Crippen LogP contribution is 2.25. The van der Waals surface area contributed by atoms with Gasteiger partial charge in [-0.1, -0.05) is 18.2 Å². The zero-order valence-corrected chi connectivity index (χ0v) is 16.2. The number of carbonyl (C=O) groups excluding carboxylic acids is 2. The van der Waals surface area contributed by atoms with E-state index >= 15 is 0 Å². The number of hydrogen-bond donors (Lipinski definition) is 2. The van der Waals surface area contributed by atoms with Gasteiger partial charge >= 0.3 is 0 Å². The van der Waals surface area contributed by atoms with Gasteiger partial charge in [-0.25, -0.2) is 4.98 Å². The van der Waals surface area contributed by atoms with Crippen LogP contribution in [0.4, 0.5) is 5.69 Å². The lowest BCUT2D eigenvalue weighted by Gasteiger charge is -2.26. The second kappa shape index (κ2) is 7.87. The Kier molecular flexibility index (Phi) is 5.12. The quantitative estimate of drug-likeness (QED) is 0.718. The molecular weight excluding hydrogens is 368 g/mol. The van der Waals surface area contributed by atoms with Crippen molar-refractivity contribution in [2.45, 2.75) is 26.2 Å². The van der Waals surface area contributed by atoms with Gasteiger partial charge in [-0.2, -0.15) is 0 Å². The van der Waals surface area contributed by atoms with Crippen molar-refractivity contribution in [3.63, 3.8) is 0 Å². The smallest absolute Gasteiger partial charge is 0.275 e. The topological polar surface area (TPSA) is 95.2 Å². The number of carbonyl (C=O) groups is 2. The minimum Gasteiger partial charge on any atom is -0.339 e. The molecule has 29 heavy (non-hydrogen) atoms. The number of nitrogens with one attached hydrogen (secondary N) is 2. The van der Waals surface area contributed by atoms with Crippen molar-refractivity contribution in [1.82, 2.24) is 14.9 Å². The Morgan fingerprint density at radius 3 is 2.59 bits per heavy atom. The van der Waals surface area contributed by atoms with Gasteiger partial charge in [0, 0.05) is 31.1 Å². The number of rotatable bonds is 3. The van der Waals surface area contributed by atoms with Crippen LogP contribution in [0.5, 0.6) is 0 Å². The predicted molar refractivity (Wildman–Crippen MR) is 112 cm³/mol. The van der Waals surface area contributed by atoms with Gasteiger partial charge in [-0.15, -0.1) is 0 Å². The van der Waals surface area contributed by atoms with Gasteiger partial charge in [0.25, 0.3) is 11.5 Å². The van der Waals surface area contributed by atoms with Crippen LogP contribution < -0.4 is 10.9 Å². The molecule has 1 aliphatic rings. The summed E-state index contributed by atoms with van der Waals surface area (Å²) < 4.78 is 0. The summed E-state index contributed by atoms with van der Waals surface area (Å²) in [4.78, 5) is 46.1. The van der Waals surface area contributed by atoms with Crippen molar-refractivity contribution in [2.24, 2.45) is 0 Å². The number of aromatic amines is 1. The molecule has 2 amide bonds. The molecule has 1 fully saturated rings. The van der Waals surface area contributed by atoms with Gasteiger partial charge < -0.3 is 15.2 Å². The van der Waals surface area contributed by atoms with E-state index in [2.05, 4.69) is 15.3 Å². The Hall–Kier alpha value is -3.48. The van der Waals surface area contributed by atoms with Gasteiger partial charge in [-0.3, -0.25) is 14.4 Å². The highest BCUT2D eigenvalue weighted by molar-refractivity contribution is 5.98. The van der Waals surface area contributed by atoms with E-state index in [-0.39, 0.29) is 23.1 Å². The summed E-state index contributed by atoms with van der Waals surface area (Å²) in [5.74, 6) is -0.247. The third kappa shape index (κ3) is 3.89. The van der Waals surface area contributed by atoms with Crippen molar-refractivity contribution in [3.8, 4) is 11.3 Å². The highest BCUT2D eigenvalue weighted by atomic mass is 16.2. The Balaban J connectivity index is 1.73. The number of nitrogens with zero attached hydrogens (tertiary/aromatic N) is 2. The Morgan fingerprint density at radius 2 is 1.83 bits per heavy atom. The standard InChI is InChI=1S/C22H22N4O3/c1-14(27)23-17-8-4-3-7-16(17)20-21(28)25-19-13-15(9-10-18(19)24-20)22(29)26-11-5-2-6-12-26/h3-4,7-10,13H,2,5-6,11-12H2,1H3,(H,23,27)(H,25,28). The van der Waals surface area contributed by atoms with Gasteiger partial charge in [0.15, 0.2) is 0 Å². The van der Waals surface area contributed by atoms with Crippen molar-refractivity contribution < 1.29 is 9.59 Å². The molecule has 7 heteroatoms. The minimum absolute atomic E-state index is 0.0208. The summed E-state index contributed by atoms with van der Waals surface area (Å²) in [6.07, 6.45) is 3.20. The zero-order chi connectivity index (χ0) is 20.4. The maximum atomic E-state index is 12.7. The predicted octanol–water partition coefficient (Wildman–Crippen LogP) is 3.17. The van der Waals surface area contributed by atoms with Crippen LogP contribution in [0, 0.1) is 0 Å². The molecule has 0 radical (unpaired) electrons. The summed E-state index contributed by atoms with van der Waals surface area (Å²) in [5, 5.41) is 2.73. The molecule has 0 atom stereocenters. The summed E-state index contributed by atoms with van der Waals surface area (Å²) >= 11 is 0. The molecule has 0 spiro atoms. The van der Waals surface area contributed by atoms with Crippen LogP contribution in [0.1, 0.15) is 36.5 Å². The summed E-state index contributed by atoms with van der Waals surface area (Å²) in [6.45, 7) is 2.95. The van der Waals surface area contributed by atoms with Crippen molar-refractivity contribution >= 4 is 28.5 Å². The average molecular weight is 390 g/mol. The van der Waals surface area contributed by atoms with Crippen molar-refractivity contribution in [3.05, 3.63) is 58.4 Å². The molecule has 1 saturated heterocycles. The third-order valence-corrected chi connectivity index (χ3v) is 5.08. The molecule has 0 aliphatic carbocycles. The molecule has 2 N–H and O–H groups in total. The lowest BCUT2D eigenvalue weighted by molar-refractivity contribution is -0.114. The number of hydrogen-bond acceptors (Lipinski definition) is 4. The van der Waals surface area contributed by atoms with E-state index in [4.69, 9.17) is 0 Å². The summed E-state index contributed by atoms with van der Waals surface area (Å²) in [6, 6.07) is 12.2. The number of benzene rings is 2. The number of anilines is 1. The highest BCUT2D eigenvalue weighted by Gasteiger charge is 2.19. The van der Waals surface area contributed by atoms with Crippen LogP contribution in [0.2, 0.25) is 0 Å². The molecule has 1 aliphatic heterocycles. The van der Waals surface area contributed by atoms with E-state index in [0.717, 1.165) is 32.4 Å². The molecule has 3 aromatic rings. The maximum Gasteiger partial charge on any atom is 0.275 e. The monoisotopic (exact) mass is 390 g/mol. The fraction of sp³-hybridized carbons (Fsp3) is 0.273. The molecule has 4 rings (SSSR count). The normalized spacial score (nSPS) is 14.0.